The highest BCUT2D eigenvalue weighted by molar-refractivity contribution is 6.05. The molecule has 0 saturated carbocycles. The Labute approximate surface area is 304 Å². The molecule has 11 aromatic rings. The van der Waals surface area contributed by atoms with Crippen LogP contribution in [0.1, 0.15) is 0 Å². The van der Waals surface area contributed by atoms with Crippen molar-refractivity contribution in [1.82, 2.24) is 9.97 Å². The van der Waals surface area contributed by atoms with Crippen molar-refractivity contribution in [2.75, 3.05) is 4.90 Å². The Hall–Kier alpha value is -7.24. The summed E-state index contributed by atoms with van der Waals surface area (Å²) < 4.78 is 12.8. The zero-order valence-corrected chi connectivity index (χ0v) is 28.4. The topological polar surface area (TPSA) is 55.3 Å². The maximum Gasteiger partial charge on any atom is 0.227 e. The molecule has 0 aliphatic rings. The van der Waals surface area contributed by atoms with Gasteiger partial charge in [0, 0.05) is 39.0 Å². The van der Waals surface area contributed by atoms with Crippen LogP contribution in [0.4, 0.5) is 17.1 Å². The second-order valence-corrected chi connectivity index (χ2v) is 13.5. The van der Waals surface area contributed by atoms with Crippen molar-refractivity contribution in [3.8, 4) is 22.9 Å². The Balaban J connectivity index is 1.01. The smallest absolute Gasteiger partial charge is 0.227 e. The summed E-state index contributed by atoms with van der Waals surface area (Å²) in [5, 5.41) is 9.21. The second-order valence-electron chi connectivity index (χ2n) is 13.5. The third-order valence-corrected chi connectivity index (χ3v) is 10.3. The molecule has 2 heterocycles. The van der Waals surface area contributed by atoms with Gasteiger partial charge in [-0.15, -0.1) is 0 Å². The fourth-order valence-electron chi connectivity index (χ4n) is 7.58. The maximum atomic E-state index is 6.38. The third kappa shape index (κ3) is 4.94. The van der Waals surface area contributed by atoms with Crippen LogP contribution in [0.15, 0.2) is 185 Å². The molecule has 2 aromatic heterocycles. The van der Waals surface area contributed by atoms with Crippen LogP contribution in [0.3, 0.4) is 0 Å². The lowest BCUT2D eigenvalue weighted by Crippen LogP contribution is -2.09. The van der Waals surface area contributed by atoms with Crippen LogP contribution in [0.2, 0.25) is 0 Å². The first-order chi connectivity index (χ1) is 26.2. The van der Waals surface area contributed by atoms with E-state index in [1.54, 1.807) is 0 Å². The molecule has 0 fully saturated rings. The number of rotatable bonds is 5. The van der Waals surface area contributed by atoms with Gasteiger partial charge in [0.15, 0.2) is 11.2 Å². The van der Waals surface area contributed by atoms with E-state index < -0.39 is 0 Å². The van der Waals surface area contributed by atoms with Crippen LogP contribution < -0.4 is 4.90 Å². The lowest BCUT2D eigenvalue weighted by Gasteiger charge is -2.26. The standard InChI is InChI=1S/C48H29N3O2/c1-2-10-35-28-37-29-40(24-17-36(37)27-34(35)9-1)51(38-20-13-32(14-21-38)47-49-43-25-18-30-7-3-5-11-41(30)45(43)52-47)39-22-15-33(16-23-39)48-50-44-26-19-31-8-4-6-12-42(31)46(44)53-48/h1-29H. The Kier molecular flexibility index (Phi) is 6.48. The van der Waals surface area contributed by atoms with Crippen molar-refractivity contribution < 1.29 is 8.83 Å². The van der Waals surface area contributed by atoms with Gasteiger partial charge in [-0.05, 0) is 117 Å². The van der Waals surface area contributed by atoms with Crippen LogP contribution in [0.25, 0.3) is 88.2 Å². The summed E-state index contributed by atoms with van der Waals surface area (Å²) in [5.41, 5.74) is 8.21. The predicted molar refractivity (Wildman–Crippen MR) is 217 cm³/mol. The van der Waals surface area contributed by atoms with Crippen molar-refractivity contribution >= 4 is 82.4 Å². The predicted octanol–water partition coefficient (Wildman–Crippen LogP) is 13.4. The number of nitrogens with zero attached hydrogens (tertiary/aromatic N) is 3. The number of aromatic nitrogens is 2. The molecule has 11 rings (SSSR count). The molecular weight excluding hydrogens is 651 g/mol. The molecule has 248 valence electrons. The molecule has 0 aliphatic carbocycles. The first-order valence-electron chi connectivity index (χ1n) is 17.7. The Morgan fingerprint density at radius 2 is 0.755 bits per heavy atom. The SMILES string of the molecule is c1ccc2cc3cc(N(c4ccc(-c5nc6ccc7ccccc7c6o5)cc4)c4ccc(-c5nc6ccc7ccccc7c6o5)cc4)ccc3cc2c1. The molecule has 5 nitrogen and oxygen atoms in total. The second kappa shape index (κ2) is 11.7. The minimum atomic E-state index is 0.600. The molecule has 0 atom stereocenters. The summed E-state index contributed by atoms with van der Waals surface area (Å²) in [7, 11) is 0. The van der Waals surface area contributed by atoms with E-state index in [2.05, 4.69) is 144 Å². The van der Waals surface area contributed by atoms with E-state index in [0.29, 0.717) is 11.8 Å². The third-order valence-electron chi connectivity index (χ3n) is 10.3. The molecule has 9 aromatic carbocycles. The minimum Gasteiger partial charge on any atom is -0.435 e. The summed E-state index contributed by atoms with van der Waals surface area (Å²) in [5.74, 6) is 1.20. The number of hydrogen-bond donors (Lipinski definition) is 0. The van der Waals surface area contributed by atoms with Gasteiger partial charge < -0.3 is 13.7 Å². The van der Waals surface area contributed by atoms with E-state index in [0.717, 1.165) is 71.9 Å². The average Bonchev–Trinajstić information content (AvgIpc) is 3.87. The van der Waals surface area contributed by atoms with Crippen molar-refractivity contribution in [3.63, 3.8) is 0 Å². The molecule has 5 heteroatoms. The van der Waals surface area contributed by atoms with Crippen molar-refractivity contribution in [2.45, 2.75) is 0 Å². The minimum absolute atomic E-state index is 0.600. The first-order valence-corrected chi connectivity index (χ1v) is 17.7. The molecule has 0 saturated heterocycles. The highest BCUT2D eigenvalue weighted by Gasteiger charge is 2.17. The van der Waals surface area contributed by atoms with E-state index in [1.165, 1.54) is 21.5 Å². The number of hydrogen-bond acceptors (Lipinski definition) is 5. The van der Waals surface area contributed by atoms with Gasteiger partial charge in [0.1, 0.15) is 11.0 Å². The molecule has 53 heavy (non-hydrogen) atoms. The van der Waals surface area contributed by atoms with Gasteiger partial charge >= 0.3 is 0 Å². The van der Waals surface area contributed by atoms with E-state index in [1.807, 2.05) is 36.4 Å². The van der Waals surface area contributed by atoms with Gasteiger partial charge in [-0.2, -0.15) is 0 Å². The summed E-state index contributed by atoms with van der Waals surface area (Å²) in [6.45, 7) is 0. The quantitative estimate of drug-likeness (QED) is 0.169. The normalized spacial score (nSPS) is 11.8. The highest BCUT2D eigenvalue weighted by Crippen LogP contribution is 2.40. The fraction of sp³-hybridized carbons (Fsp3) is 0. The van der Waals surface area contributed by atoms with Crippen LogP contribution in [-0.2, 0) is 0 Å². The highest BCUT2D eigenvalue weighted by atomic mass is 16.4. The van der Waals surface area contributed by atoms with E-state index in [9.17, 15) is 0 Å². The molecule has 0 radical (unpaired) electrons. The zero-order chi connectivity index (χ0) is 34.9. The molecule has 0 bridgehead atoms. The summed E-state index contributed by atoms with van der Waals surface area (Å²) in [6.07, 6.45) is 0. The van der Waals surface area contributed by atoms with Crippen LogP contribution in [0.5, 0.6) is 0 Å². The summed E-state index contributed by atoms with van der Waals surface area (Å²) >= 11 is 0. The maximum absolute atomic E-state index is 6.38. The number of benzene rings is 9. The number of oxazole rings is 2. The van der Waals surface area contributed by atoms with Crippen molar-refractivity contribution in [3.05, 3.63) is 176 Å². The monoisotopic (exact) mass is 679 g/mol. The molecular formula is C48H29N3O2. The largest absolute Gasteiger partial charge is 0.435 e. The van der Waals surface area contributed by atoms with Gasteiger partial charge in [-0.25, -0.2) is 9.97 Å². The lowest BCUT2D eigenvalue weighted by atomic mass is 10.0. The molecule has 0 aliphatic heterocycles. The van der Waals surface area contributed by atoms with Crippen LogP contribution in [-0.4, -0.2) is 9.97 Å². The number of fused-ring (bicyclic) bond motifs is 8. The summed E-state index contributed by atoms with van der Waals surface area (Å²) in [4.78, 5) is 12.0. The molecule has 0 N–H and O–H groups in total. The van der Waals surface area contributed by atoms with Crippen molar-refractivity contribution in [1.29, 1.82) is 0 Å². The molecule has 0 spiro atoms. The van der Waals surface area contributed by atoms with E-state index in [-0.39, 0.29) is 0 Å². The van der Waals surface area contributed by atoms with Gasteiger partial charge in [-0.1, -0.05) is 91.0 Å². The fourth-order valence-corrected chi connectivity index (χ4v) is 7.58. The van der Waals surface area contributed by atoms with E-state index in [4.69, 9.17) is 18.8 Å². The molecule has 0 amide bonds. The van der Waals surface area contributed by atoms with Crippen LogP contribution >= 0.6 is 0 Å². The Morgan fingerprint density at radius 1 is 0.340 bits per heavy atom. The lowest BCUT2D eigenvalue weighted by molar-refractivity contribution is 0.622. The van der Waals surface area contributed by atoms with Gasteiger partial charge in [0.2, 0.25) is 11.8 Å². The van der Waals surface area contributed by atoms with Gasteiger partial charge in [-0.3, -0.25) is 0 Å². The van der Waals surface area contributed by atoms with E-state index >= 15 is 0 Å². The average molecular weight is 680 g/mol. The van der Waals surface area contributed by atoms with Gasteiger partial charge in [0.25, 0.3) is 0 Å². The van der Waals surface area contributed by atoms with Crippen LogP contribution in [0, 0.1) is 0 Å². The Morgan fingerprint density at radius 3 is 1.28 bits per heavy atom. The first kappa shape index (κ1) is 29.5. The van der Waals surface area contributed by atoms with Crippen molar-refractivity contribution in [2.24, 2.45) is 0 Å². The Bertz CT molecular complexity index is 3020. The summed E-state index contributed by atoms with van der Waals surface area (Å²) in [6, 6.07) is 61.3. The van der Waals surface area contributed by atoms with Gasteiger partial charge in [0.05, 0.1) is 0 Å². The molecule has 0 unspecified atom stereocenters. The zero-order valence-electron chi connectivity index (χ0n) is 28.4. The number of anilines is 3.